The van der Waals surface area contributed by atoms with Crippen LogP contribution in [0.15, 0.2) is 18.3 Å². The van der Waals surface area contributed by atoms with Gasteiger partial charge in [0, 0.05) is 24.3 Å². The van der Waals surface area contributed by atoms with Crippen molar-refractivity contribution >= 4 is 18.3 Å². The summed E-state index contributed by atoms with van der Waals surface area (Å²) in [6.45, 7) is 2.56. The van der Waals surface area contributed by atoms with Crippen molar-refractivity contribution in [2.75, 3.05) is 0 Å². The van der Waals surface area contributed by atoms with Gasteiger partial charge in [0.2, 0.25) is 0 Å². The number of nitrogens with one attached hydrogen (secondary N) is 1. The van der Waals surface area contributed by atoms with E-state index in [-0.39, 0.29) is 18.3 Å². The van der Waals surface area contributed by atoms with Crippen LogP contribution >= 0.6 is 12.4 Å². The molecule has 1 aromatic heterocycles. The summed E-state index contributed by atoms with van der Waals surface area (Å²) >= 11 is 0. The molecule has 0 unspecified atom stereocenters. The fraction of sp³-hybridized carbons (Fsp3) is 0.500. The van der Waals surface area contributed by atoms with Crippen molar-refractivity contribution in [3.8, 4) is 0 Å². The van der Waals surface area contributed by atoms with Gasteiger partial charge in [0.15, 0.2) is 0 Å². The summed E-state index contributed by atoms with van der Waals surface area (Å²) in [5.41, 5.74) is 6.87. The summed E-state index contributed by atoms with van der Waals surface area (Å²) in [4.78, 5) is 15.9. The molecule has 1 saturated carbocycles. The number of carbonyl (C=O) groups excluding carboxylic acids is 1. The molecule has 94 valence electrons. The van der Waals surface area contributed by atoms with Crippen molar-refractivity contribution in [2.45, 2.75) is 32.4 Å². The van der Waals surface area contributed by atoms with Crippen LogP contribution in [-0.2, 0) is 6.54 Å². The Morgan fingerprint density at radius 3 is 2.88 bits per heavy atom. The number of rotatable bonds is 3. The first-order chi connectivity index (χ1) is 7.69. The normalized spacial score (nSPS) is 22.2. The van der Waals surface area contributed by atoms with Gasteiger partial charge in [0.25, 0.3) is 5.91 Å². The first-order valence-corrected chi connectivity index (χ1v) is 5.65. The maximum absolute atomic E-state index is 11.8. The number of nitrogens with two attached hydrogens (primary N) is 1. The van der Waals surface area contributed by atoms with Crippen molar-refractivity contribution in [2.24, 2.45) is 11.7 Å². The summed E-state index contributed by atoms with van der Waals surface area (Å²) in [6.07, 6.45) is 3.79. The topological polar surface area (TPSA) is 68.0 Å². The molecule has 2 rings (SSSR count). The van der Waals surface area contributed by atoms with Gasteiger partial charge in [-0.2, -0.15) is 0 Å². The molecule has 0 saturated heterocycles. The maximum Gasteiger partial charge on any atom is 0.251 e. The second kappa shape index (κ2) is 5.98. The minimum absolute atomic E-state index is 0. The molecule has 1 aliphatic carbocycles. The molecule has 4 nitrogen and oxygen atoms in total. The van der Waals surface area contributed by atoms with Gasteiger partial charge in [-0.1, -0.05) is 6.92 Å². The number of amides is 1. The molecule has 1 fully saturated rings. The van der Waals surface area contributed by atoms with Crippen molar-refractivity contribution in [1.29, 1.82) is 0 Å². The molecular weight excluding hydrogens is 238 g/mol. The van der Waals surface area contributed by atoms with Crippen LogP contribution in [0.1, 0.15) is 35.8 Å². The Morgan fingerprint density at radius 2 is 2.29 bits per heavy atom. The van der Waals surface area contributed by atoms with Crippen molar-refractivity contribution in [3.05, 3.63) is 29.6 Å². The average molecular weight is 256 g/mol. The number of hydrogen-bond acceptors (Lipinski definition) is 3. The lowest BCUT2D eigenvalue weighted by Crippen LogP contribution is -2.43. The number of aromatic nitrogens is 1. The SMILES string of the molecule is CC1CC(NC(=O)c2ccnc(CN)c2)C1.Cl. The molecule has 0 radical (unpaired) electrons. The van der Waals surface area contributed by atoms with Crippen LogP contribution in [0.25, 0.3) is 0 Å². The molecule has 5 heteroatoms. The standard InChI is InChI=1S/C12H17N3O.ClH/c1-8-4-10(5-8)15-12(16)9-2-3-14-11(6-9)7-13;/h2-3,6,8,10H,4-5,7,13H2,1H3,(H,15,16);1H. The quantitative estimate of drug-likeness (QED) is 0.860. The van der Waals surface area contributed by atoms with Gasteiger partial charge in [-0.15, -0.1) is 12.4 Å². The smallest absolute Gasteiger partial charge is 0.251 e. The van der Waals surface area contributed by atoms with E-state index in [4.69, 9.17) is 5.73 Å². The highest BCUT2D eigenvalue weighted by atomic mass is 35.5. The zero-order valence-corrected chi connectivity index (χ0v) is 10.7. The van der Waals surface area contributed by atoms with E-state index in [1.165, 1.54) is 0 Å². The van der Waals surface area contributed by atoms with E-state index in [0.717, 1.165) is 24.5 Å². The molecule has 1 aliphatic rings. The number of nitrogens with zero attached hydrogens (tertiary/aromatic N) is 1. The predicted molar refractivity (Wildman–Crippen MR) is 69.0 cm³/mol. The highest BCUT2D eigenvalue weighted by molar-refractivity contribution is 5.94. The van der Waals surface area contributed by atoms with E-state index in [9.17, 15) is 4.79 Å². The Morgan fingerprint density at radius 1 is 1.59 bits per heavy atom. The van der Waals surface area contributed by atoms with Crippen LogP contribution in [0.3, 0.4) is 0 Å². The van der Waals surface area contributed by atoms with E-state index in [2.05, 4.69) is 17.2 Å². The molecule has 0 aliphatic heterocycles. The minimum Gasteiger partial charge on any atom is -0.349 e. The third kappa shape index (κ3) is 3.41. The molecule has 17 heavy (non-hydrogen) atoms. The Balaban J connectivity index is 0.00000144. The second-order valence-electron chi connectivity index (χ2n) is 4.49. The zero-order valence-electron chi connectivity index (χ0n) is 9.85. The van der Waals surface area contributed by atoms with E-state index in [1.54, 1.807) is 18.3 Å². The lowest BCUT2D eigenvalue weighted by atomic mass is 9.82. The fourth-order valence-electron chi connectivity index (χ4n) is 2.02. The summed E-state index contributed by atoms with van der Waals surface area (Å²) in [5, 5.41) is 3.01. The van der Waals surface area contributed by atoms with Crippen LogP contribution < -0.4 is 11.1 Å². The van der Waals surface area contributed by atoms with Crippen LogP contribution in [0, 0.1) is 5.92 Å². The predicted octanol–water partition coefficient (Wildman–Crippen LogP) is 1.49. The van der Waals surface area contributed by atoms with Crippen LogP contribution in [0.4, 0.5) is 0 Å². The zero-order chi connectivity index (χ0) is 11.5. The van der Waals surface area contributed by atoms with Gasteiger partial charge in [-0.25, -0.2) is 0 Å². The number of hydrogen-bond donors (Lipinski definition) is 2. The molecular formula is C12H18ClN3O. The maximum atomic E-state index is 11.8. The number of halogens is 1. The van der Waals surface area contributed by atoms with E-state index in [0.29, 0.717) is 18.2 Å². The van der Waals surface area contributed by atoms with Gasteiger partial charge >= 0.3 is 0 Å². The van der Waals surface area contributed by atoms with Crippen LogP contribution in [-0.4, -0.2) is 16.9 Å². The summed E-state index contributed by atoms with van der Waals surface area (Å²) in [6, 6.07) is 3.81. The van der Waals surface area contributed by atoms with Crippen molar-refractivity contribution in [3.63, 3.8) is 0 Å². The summed E-state index contributed by atoms with van der Waals surface area (Å²) in [7, 11) is 0. The Bertz CT molecular complexity index is 391. The molecule has 0 aromatic carbocycles. The second-order valence-corrected chi connectivity index (χ2v) is 4.49. The first-order valence-electron chi connectivity index (χ1n) is 5.65. The van der Waals surface area contributed by atoms with Gasteiger partial charge in [-0.3, -0.25) is 9.78 Å². The largest absolute Gasteiger partial charge is 0.349 e. The average Bonchev–Trinajstić information content (AvgIpc) is 2.27. The lowest BCUT2D eigenvalue weighted by molar-refractivity contribution is 0.0896. The van der Waals surface area contributed by atoms with Gasteiger partial charge in [0.1, 0.15) is 0 Å². The van der Waals surface area contributed by atoms with Gasteiger partial charge in [0.05, 0.1) is 5.69 Å². The molecule has 1 amide bonds. The van der Waals surface area contributed by atoms with Crippen LogP contribution in [0.2, 0.25) is 0 Å². The highest BCUT2D eigenvalue weighted by Crippen LogP contribution is 2.26. The molecule has 0 bridgehead atoms. The molecule has 0 atom stereocenters. The van der Waals surface area contributed by atoms with Crippen molar-refractivity contribution < 1.29 is 4.79 Å². The molecule has 1 aromatic rings. The molecule has 1 heterocycles. The Labute approximate surface area is 107 Å². The molecule has 0 spiro atoms. The third-order valence-electron chi connectivity index (χ3n) is 3.00. The molecule has 3 N–H and O–H groups in total. The van der Waals surface area contributed by atoms with E-state index >= 15 is 0 Å². The monoisotopic (exact) mass is 255 g/mol. The Hall–Kier alpha value is -1.13. The van der Waals surface area contributed by atoms with Gasteiger partial charge < -0.3 is 11.1 Å². The fourth-order valence-corrected chi connectivity index (χ4v) is 2.02. The highest BCUT2D eigenvalue weighted by Gasteiger charge is 2.26. The number of pyridine rings is 1. The minimum atomic E-state index is -0.0194. The Kier molecular flexibility index (Phi) is 4.90. The summed E-state index contributed by atoms with van der Waals surface area (Å²) < 4.78 is 0. The van der Waals surface area contributed by atoms with Gasteiger partial charge in [-0.05, 0) is 30.9 Å². The van der Waals surface area contributed by atoms with Crippen LogP contribution in [0.5, 0.6) is 0 Å². The first kappa shape index (κ1) is 13.9. The summed E-state index contributed by atoms with van der Waals surface area (Å²) in [5.74, 6) is 0.719. The number of carbonyl (C=O) groups is 1. The van der Waals surface area contributed by atoms with Crippen molar-refractivity contribution in [1.82, 2.24) is 10.3 Å². The van der Waals surface area contributed by atoms with E-state index in [1.807, 2.05) is 0 Å². The lowest BCUT2D eigenvalue weighted by Gasteiger charge is -2.33. The van der Waals surface area contributed by atoms with E-state index < -0.39 is 0 Å². The third-order valence-corrected chi connectivity index (χ3v) is 3.00.